The average molecular weight is 274 g/mol. The van der Waals surface area contributed by atoms with Crippen LogP contribution in [0.2, 0.25) is 0 Å². The number of rotatable bonds is 3. The molecule has 0 bridgehead atoms. The first-order valence-electron chi connectivity index (χ1n) is 7.95. The first kappa shape index (κ1) is 15.5. The predicted molar refractivity (Wildman–Crippen MR) is 86.8 cm³/mol. The third-order valence-electron chi connectivity index (χ3n) is 4.68. The van der Waals surface area contributed by atoms with Crippen molar-refractivity contribution >= 4 is 0 Å². The fourth-order valence-corrected chi connectivity index (χ4v) is 3.26. The van der Waals surface area contributed by atoms with Gasteiger partial charge in [0.1, 0.15) is 0 Å². The van der Waals surface area contributed by atoms with E-state index in [9.17, 15) is 0 Å². The molecule has 2 rings (SSSR count). The van der Waals surface area contributed by atoms with Gasteiger partial charge in [-0.05, 0) is 41.8 Å². The highest BCUT2D eigenvalue weighted by Gasteiger charge is 2.27. The van der Waals surface area contributed by atoms with E-state index in [-0.39, 0.29) is 5.41 Å². The van der Waals surface area contributed by atoms with Crippen molar-refractivity contribution in [3.8, 4) is 0 Å². The van der Waals surface area contributed by atoms with E-state index in [1.165, 1.54) is 30.5 Å². The minimum absolute atomic E-state index is 0.234. The molecule has 1 aromatic rings. The van der Waals surface area contributed by atoms with Gasteiger partial charge in [0.05, 0.1) is 0 Å². The molecule has 0 amide bonds. The molecule has 2 nitrogen and oxygen atoms in total. The van der Waals surface area contributed by atoms with Crippen molar-refractivity contribution in [1.29, 1.82) is 0 Å². The lowest BCUT2D eigenvalue weighted by Crippen LogP contribution is -2.47. The van der Waals surface area contributed by atoms with E-state index in [2.05, 4.69) is 56.9 Å². The van der Waals surface area contributed by atoms with Gasteiger partial charge in [0.2, 0.25) is 0 Å². The van der Waals surface area contributed by atoms with Crippen molar-refractivity contribution in [2.45, 2.75) is 58.5 Å². The Balaban J connectivity index is 2.05. The van der Waals surface area contributed by atoms with Crippen LogP contribution in [0.4, 0.5) is 0 Å². The van der Waals surface area contributed by atoms with E-state index >= 15 is 0 Å². The Morgan fingerprint density at radius 1 is 1.20 bits per heavy atom. The van der Waals surface area contributed by atoms with Crippen molar-refractivity contribution in [3.05, 3.63) is 35.4 Å². The van der Waals surface area contributed by atoms with Crippen molar-refractivity contribution < 1.29 is 0 Å². The smallest absolute Gasteiger partial charge is 0.0247 e. The number of likely N-dealkylation sites (tertiary alicyclic amines) is 1. The molecule has 2 unspecified atom stereocenters. The monoisotopic (exact) mass is 274 g/mol. The molecule has 1 fully saturated rings. The lowest BCUT2D eigenvalue weighted by atomic mass is 9.86. The third kappa shape index (κ3) is 3.62. The summed E-state index contributed by atoms with van der Waals surface area (Å²) < 4.78 is 0. The van der Waals surface area contributed by atoms with Gasteiger partial charge in [0, 0.05) is 19.1 Å². The third-order valence-corrected chi connectivity index (χ3v) is 4.68. The molecule has 1 aliphatic heterocycles. The Morgan fingerprint density at radius 2 is 1.85 bits per heavy atom. The Bertz CT molecular complexity index is 416. The molecule has 0 radical (unpaired) electrons. The van der Waals surface area contributed by atoms with E-state index in [0.29, 0.717) is 6.04 Å². The van der Waals surface area contributed by atoms with Gasteiger partial charge in [-0.15, -0.1) is 0 Å². The number of hydrogen-bond donors (Lipinski definition) is 1. The molecule has 0 aliphatic carbocycles. The van der Waals surface area contributed by atoms with Crippen molar-refractivity contribution in [3.63, 3.8) is 0 Å². The van der Waals surface area contributed by atoms with Crippen LogP contribution in [0.3, 0.4) is 0 Å². The lowest BCUT2D eigenvalue weighted by Gasteiger charge is -2.39. The maximum Gasteiger partial charge on any atom is 0.0247 e. The molecule has 1 aromatic carbocycles. The molecule has 1 aliphatic rings. The number of benzene rings is 1. The molecule has 112 valence electrons. The summed E-state index contributed by atoms with van der Waals surface area (Å²) in [5.41, 5.74) is 9.03. The maximum absolute atomic E-state index is 5.98. The van der Waals surface area contributed by atoms with Crippen LogP contribution in [0.15, 0.2) is 24.3 Å². The van der Waals surface area contributed by atoms with Gasteiger partial charge in [-0.3, -0.25) is 4.90 Å². The van der Waals surface area contributed by atoms with E-state index < -0.39 is 0 Å². The quantitative estimate of drug-likeness (QED) is 0.913. The SMILES string of the molecule is CC1CCCN(Cc2ccc(C(C)(C)C)cc2)C1CN. The molecule has 1 saturated heterocycles. The number of nitrogens with two attached hydrogens (primary N) is 1. The van der Waals surface area contributed by atoms with Gasteiger partial charge in [0.15, 0.2) is 0 Å². The van der Waals surface area contributed by atoms with Gasteiger partial charge >= 0.3 is 0 Å². The second kappa shape index (κ2) is 6.28. The summed E-state index contributed by atoms with van der Waals surface area (Å²) >= 11 is 0. The second-order valence-electron chi connectivity index (χ2n) is 7.34. The Hall–Kier alpha value is -0.860. The van der Waals surface area contributed by atoms with Gasteiger partial charge in [0.25, 0.3) is 0 Å². The highest BCUT2D eigenvalue weighted by molar-refractivity contribution is 5.27. The standard InChI is InChI=1S/C18H30N2/c1-14-6-5-11-20(17(14)12-19)13-15-7-9-16(10-8-15)18(2,3)4/h7-10,14,17H,5-6,11-13,19H2,1-4H3. The minimum atomic E-state index is 0.234. The topological polar surface area (TPSA) is 29.3 Å². The van der Waals surface area contributed by atoms with E-state index in [1.807, 2.05) is 0 Å². The van der Waals surface area contributed by atoms with E-state index in [1.54, 1.807) is 0 Å². The van der Waals surface area contributed by atoms with Crippen LogP contribution in [-0.4, -0.2) is 24.0 Å². The van der Waals surface area contributed by atoms with Crippen LogP contribution in [0, 0.1) is 5.92 Å². The van der Waals surface area contributed by atoms with Crippen molar-refractivity contribution in [1.82, 2.24) is 4.90 Å². The zero-order valence-corrected chi connectivity index (χ0v) is 13.5. The van der Waals surface area contributed by atoms with Crippen LogP contribution in [0.25, 0.3) is 0 Å². The number of nitrogens with zero attached hydrogens (tertiary/aromatic N) is 1. The van der Waals surface area contributed by atoms with Crippen molar-refractivity contribution in [2.24, 2.45) is 11.7 Å². The molecule has 0 saturated carbocycles. The molecular weight excluding hydrogens is 244 g/mol. The molecule has 1 heterocycles. The summed E-state index contributed by atoms with van der Waals surface area (Å²) in [6.07, 6.45) is 2.62. The van der Waals surface area contributed by atoms with Crippen LogP contribution in [-0.2, 0) is 12.0 Å². The van der Waals surface area contributed by atoms with Gasteiger partial charge in [-0.25, -0.2) is 0 Å². The van der Waals surface area contributed by atoms with E-state index in [0.717, 1.165) is 19.0 Å². The largest absolute Gasteiger partial charge is 0.329 e. The summed E-state index contributed by atoms with van der Waals surface area (Å²) in [5, 5.41) is 0. The first-order chi connectivity index (χ1) is 9.41. The number of piperidine rings is 1. The summed E-state index contributed by atoms with van der Waals surface area (Å²) in [7, 11) is 0. The van der Waals surface area contributed by atoms with Gasteiger partial charge in [-0.2, -0.15) is 0 Å². The van der Waals surface area contributed by atoms with Crippen LogP contribution >= 0.6 is 0 Å². The predicted octanol–water partition coefficient (Wildman–Crippen LogP) is 3.54. The van der Waals surface area contributed by atoms with Gasteiger partial charge in [-0.1, -0.05) is 52.0 Å². The maximum atomic E-state index is 5.98. The second-order valence-corrected chi connectivity index (χ2v) is 7.34. The molecule has 0 aromatic heterocycles. The fraction of sp³-hybridized carbons (Fsp3) is 0.667. The summed E-state index contributed by atoms with van der Waals surface area (Å²) in [6.45, 7) is 12.1. The fourth-order valence-electron chi connectivity index (χ4n) is 3.26. The Kier molecular flexibility index (Phi) is 4.87. The summed E-state index contributed by atoms with van der Waals surface area (Å²) in [6, 6.07) is 9.67. The van der Waals surface area contributed by atoms with Gasteiger partial charge < -0.3 is 5.73 Å². The molecule has 20 heavy (non-hydrogen) atoms. The zero-order valence-electron chi connectivity index (χ0n) is 13.5. The number of hydrogen-bond acceptors (Lipinski definition) is 2. The van der Waals surface area contributed by atoms with Crippen LogP contribution in [0.1, 0.15) is 51.7 Å². The molecule has 0 spiro atoms. The minimum Gasteiger partial charge on any atom is -0.329 e. The highest BCUT2D eigenvalue weighted by Crippen LogP contribution is 2.26. The molecule has 2 atom stereocenters. The van der Waals surface area contributed by atoms with E-state index in [4.69, 9.17) is 5.73 Å². The average Bonchev–Trinajstić information content (AvgIpc) is 2.38. The Labute approximate surface area is 124 Å². The van der Waals surface area contributed by atoms with Crippen molar-refractivity contribution in [2.75, 3.05) is 13.1 Å². The summed E-state index contributed by atoms with van der Waals surface area (Å²) in [4.78, 5) is 2.57. The first-order valence-corrected chi connectivity index (χ1v) is 7.95. The normalized spacial score (nSPS) is 24.9. The molecule has 2 N–H and O–H groups in total. The Morgan fingerprint density at radius 3 is 2.40 bits per heavy atom. The zero-order chi connectivity index (χ0) is 14.8. The van der Waals surface area contributed by atoms with Crippen LogP contribution in [0.5, 0.6) is 0 Å². The molecular formula is C18H30N2. The van der Waals surface area contributed by atoms with Crippen LogP contribution < -0.4 is 5.73 Å². The highest BCUT2D eigenvalue weighted by atomic mass is 15.2. The lowest BCUT2D eigenvalue weighted by molar-refractivity contribution is 0.0991. The summed E-state index contributed by atoms with van der Waals surface area (Å²) in [5.74, 6) is 0.725. The molecule has 2 heteroatoms.